The Bertz CT molecular complexity index is 700. The van der Waals surface area contributed by atoms with Crippen molar-refractivity contribution >= 4 is 5.78 Å². The molecule has 2 nitrogen and oxygen atoms in total. The molecule has 0 radical (unpaired) electrons. The van der Waals surface area contributed by atoms with E-state index < -0.39 is 11.6 Å². The van der Waals surface area contributed by atoms with Gasteiger partial charge in [0.2, 0.25) is 0 Å². The summed E-state index contributed by atoms with van der Waals surface area (Å²) in [7, 11) is 0. The summed E-state index contributed by atoms with van der Waals surface area (Å²) in [4.78, 5) is 11.8. The molecule has 0 saturated heterocycles. The third-order valence-corrected chi connectivity index (χ3v) is 2.95. The molecule has 0 saturated carbocycles. The highest BCUT2D eigenvalue weighted by Gasteiger charge is 2.06. The normalized spacial score (nSPS) is 10.2. The Kier molecular flexibility index (Phi) is 5.04. The van der Waals surface area contributed by atoms with Gasteiger partial charge in [-0.3, -0.25) is 4.79 Å². The Balaban J connectivity index is 2.04. The Morgan fingerprint density at radius 1 is 1.09 bits per heavy atom. The van der Waals surface area contributed by atoms with Gasteiger partial charge in [-0.25, -0.2) is 8.78 Å². The number of carbonyl (C=O) groups is 1. The van der Waals surface area contributed by atoms with Gasteiger partial charge in [-0.05, 0) is 37.6 Å². The minimum absolute atomic E-state index is 0.0661. The molecule has 2 aromatic rings. The van der Waals surface area contributed by atoms with Gasteiger partial charge in [0.05, 0.1) is 0 Å². The van der Waals surface area contributed by atoms with Crippen molar-refractivity contribution in [2.24, 2.45) is 0 Å². The summed E-state index contributed by atoms with van der Waals surface area (Å²) in [6.45, 7) is 3.80. The summed E-state index contributed by atoms with van der Waals surface area (Å²) in [6, 6.07) is 9.87. The predicted molar refractivity (Wildman–Crippen MR) is 80.9 cm³/mol. The second-order valence-corrected chi connectivity index (χ2v) is 5.15. The standard InChI is InChI=1S/C18H16F2O2/c1-12(2)9-17(21)14-5-3-13(4-6-14)11-22-18-10-15(19)7-8-16(18)20/h3-10H,11H2,1-2H3. The van der Waals surface area contributed by atoms with E-state index >= 15 is 0 Å². The van der Waals surface area contributed by atoms with Crippen LogP contribution in [-0.4, -0.2) is 5.78 Å². The van der Waals surface area contributed by atoms with Gasteiger partial charge in [-0.15, -0.1) is 0 Å². The van der Waals surface area contributed by atoms with Crippen LogP contribution in [-0.2, 0) is 6.61 Å². The lowest BCUT2D eigenvalue weighted by atomic mass is 10.1. The molecule has 0 aliphatic heterocycles. The van der Waals surface area contributed by atoms with Crippen LogP contribution in [0.15, 0.2) is 54.1 Å². The van der Waals surface area contributed by atoms with Gasteiger partial charge in [0, 0.05) is 11.6 Å². The second-order valence-electron chi connectivity index (χ2n) is 5.15. The first-order valence-electron chi connectivity index (χ1n) is 6.82. The van der Waals surface area contributed by atoms with Crippen molar-refractivity contribution in [2.45, 2.75) is 20.5 Å². The van der Waals surface area contributed by atoms with Crippen molar-refractivity contribution in [3.8, 4) is 5.75 Å². The Labute approximate surface area is 128 Å². The highest BCUT2D eigenvalue weighted by Crippen LogP contribution is 2.19. The fourth-order valence-corrected chi connectivity index (χ4v) is 1.86. The van der Waals surface area contributed by atoms with E-state index in [-0.39, 0.29) is 18.1 Å². The van der Waals surface area contributed by atoms with E-state index in [1.54, 1.807) is 30.3 Å². The minimum atomic E-state index is -0.614. The lowest BCUT2D eigenvalue weighted by Crippen LogP contribution is -2.00. The van der Waals surface area contributed by atoms with Crippen LogP contribution in [0.2, 0.25) is 0 Å². The van der Waals surface area contributed by atoms with Crippen molar-refractivity contribution in [1.82, 2.24) is 0 Å². The number of benzene rings is 2. The van der Waals surface area contributed by atoms with Gasteiger partial charge in [0.1, 0.15) is 12.4 Å². The summed E-state index contributed by atoms with van der Waals surface area (Å²) in [6.07, 6.45) is 1.56. The Morgan fingerprint density at radius 3 is 2.41 bits per heavy atom. The first kappa shape index (κ1) is 15.9. The Morgan fingerprint density at radius 2 is 1.77 bits per heavy atom. The first-order valence-corrected chi connectivity index (χ1v) is 6.82. The highest BCUT2D eigenvalue weighted by atomic mass is 19.1. The average Bonchev–Trinajstić information content (AvgIpc) is 2.48. The molecular formula is C18H16F2O2. The van der Waals surface area contributed by atoms with Gasteiger partial charge >= 0.3 is 0 Å². The summed E-state index contributed by atoms with van der Waals surface area (Å²) in [5, 5.41) is 0. The SMILES string of the molecule is CC(C)=CC(=O)c1ccc(COc2cc(F)ccc2F)cc1. The number of allylic oxidation sites excluding steroid dienone is 2. The number of halogens is 2. The number of hydrogen-bond donors (Lipinski definition) is 0. The fourth-order valence-electron chi connectivity index (χ4n) is 1.86. The van der Waals surface area contributed by atoms with Gasteiger partial charge in [-0.1, -0.05) is 29.8 Å². The minimum Gasteiger partial charge on any atom is -0.486 e. The molecule has 0 aliphatic rings. The van der Waals surface area contributed by atoms with Crippen LogP contribution in [0.25, 0.3) is 0 Å². The fraction of sp³-hybridized carbons (Fsp3) is 0.167. The maximum absolute atomic E-state index is 13.4. The maximum atomic E-state index is 13.4. The van der Waals surface area contributed by atoms with Crippen LogP contribution in [0.3, 0.4) is 0 Å². The van der Waals surface area contributed by atoms with Crippen LogP contribution in [0.4, 0.5) is 8.78 Å². The van der Waals surface area contributed by atoms with Gasteiger partial charge < -0.3 is 4.74 Å². The lowest BCUT2D eigenvalue weighted by Gasteiger charge is -2.08. The maximum Gasteiger partial charge on any atom is 0.185 e. The van der Waals surface area contributed by atoms with Gasteiger partial charge in [-0.2, -0.15) is 0 Å². The molecule has 0 fully saturated rings. The van der Waals surface area contributed by atoms with Crippen molar-refractivity contribution in [3.63, 3.8) is 0 Å². The van der Waals surface area contributed by atoms with Gasteiger partial charge in [0.15, 0.2) is 17.3 Å². The summed E-state index contributed by atoms with van der Waals surface area (Å²) in [5.74, 6) is -1.37. The molecule has 0 spiro atoms. The molecule has 22 heavy (non-hydrogen) atoms. The number of carbonyl (C=O) groups excluding carboxylic acids is 1. The molecule has 0 aromatic heterocycles. The van der Waals surface area contributed by atoms with E-state index in [1.807, 2.05) is 13.8 Å². The molecule has 2 aromatic carbocycles. The molecule has 4 heteroatoms. The van der Waals surface area contributed by atoms with Crippen LogP contribution in [0.1, 0.15) is 29.8 Å². The van der Waals surface area contributed by atoms with E-state index in [0.29, 0.717) is 5.56 Å². The number of rotatable bonds is 5. The largest absolute Gasteiger partial charge is 0.486 e. The zero-order valence-electron chi connectivity index (χ0n) is 12.4. The lowest BCUT2D eigenvalue weighted by molar-refractivity contribution is 0.104. The molecule has 0 heterocycles. The van der Waals surface area contributed by atoms with E-state index in [4.69, 9.17) is 4.74 Å². The van der Waals surface area contributed by atoms with Crippen molar-refractivity contribution in [1.29, 1.82) is 0 Å². The second kappa shape index (κ2) is 6.98. The summed E-state index contributed by atoms with van der Waals surface area (Å²) >= 11 is 0. The first-order chi connectivity index (χ1) is 10.5. The molecule has 0 bridgehead atoms. The van der Waals surface area contributed by atoms with E-state index in [0.717, 1.165) is 29.3 Å². The van der Waals surface area contributed by atoms with Crippen LogP contribution >= 0.6 is 0 Å². The van der Waals surface area contributed by atoms with Crippen LogP contribution in [0.5, 0.6) is 5.75 Å². The van der Waals surface area contributed by atoms with Crippen LogP contribution < -0.4 is 4.74 Å². The van der Waals surface area contributed by atoms with Crippen LogP contribution in [0, 0.1) is 11.6 Å². The van der Waals surface area contributed by atoms with Crippen molar-refractivity contribution in [2.75, 3.05) is 0 Å². The predicted octanol–water partition coefficient (Wildman–Crippen LogP) is 4.69. The van der Waals surface area contributed by atoms with Crippen molar-refractivity contribution in [3.05, 3.63) is 76.9 Å². The molecule has 0 unspecified atom stereocenters. The zero-order chi connectivity index (χ0) is 16.1. The topological polar surface area (TPSA) is 26.3 Å². The molecular weight excluding hydrogens is 286 g/mol. The molecule has 0 amide bonds. The number of ether oxygens (including phenoxy) is 1. The number of hydrogen-bond acceptors (Lipinski definition) is 2. The quantitative estimate of drug-likeness (QED) is 0.591. The van der Waals surface area contributed by atoms with Crippen molar-refractivity contribution < 1.29 is 18.3 Å². The molecule has 114 valence electrons. The third kappa shape index (κ3) is 4.25. The van der Waals surface area contributed by atoms with E-state index in [1.165, 1.54) is 0 Å². The van der Waals surface area contributed by atoms with E-state index in [2.05, 4.69) is 0 Å². The van der Waals surface area contributed by atoms with Gasteiger partial charge in [0.25, 0.3) is 0 Å². The smallest absolute Gasteiger partial charge is 0.185 e. The summed E-state index contributed by atoms with van der Waals surface area (Å²) < 4.78 is 31.7. The average molecular weight is 302 g/mol. The molecule has 2 rings (SSSR count). The summed E-state index contributed by atoms with van der Waals surface area (Å²) in [5.41, 5.74) is 2.26. The highest BCUT2D eigenvalue weighted by molar-refractivity contribution is 6.04. The zero-order valence-corrected chi connectivity index (χ0v) is 12.4. The third-order valence-electron chi connectivity index (χ3n) is 2.95. The van der Waals surface area contributed by atoms with E-state index in [9.17, 15) is 13.6 Å². The molecule has 0 aliphatic carbocycles. The molecule has 0 N–H and O–H groups in total. The molecule has 0 atom stereocenters. The monoisotopic (exact) mass is 302 g/mol. The number of ketones is 1. The Hall–Kier alpha value is -2.49.